The predicted octanol–water partition coefficient (Wildman–Crippen LogP) is 2.74. The number of ether oxygens (including phenoxy) is 1. The minimum absolute atomic E-state index is 0.123. The molecule has 0 aromatic heterocycles. The highest BCUT2D eigenvalue weighted by molar-refractivity contribution is 5.96. The summed E-state index contributed by atoms with van der Waals surface area (Å²) in [6, 6.07) is 12.1. The van der Waals surface area contributed by atoms with Gasteiger partial charge in [0.25, 0.3) is 5.91 Å². The summed E-state index contributed by atoms with van der Waals surface area (Å²) in [5.74, 6) is -1.63. The van der Waals surface area contributed by atoms with Crippen LogP contribution in [-0.2, 0) is 4.74 Å². The summed E-state index contributed by atoms with van der Waals surface area (Å²) in [6.07, 6.45) is -0.512. The Morgan fingerprint density at radius 1 is 1.08 bits per heavy atom. The van der Waals surface area contributed by atoms with Crippen LogP contribution in [0.5, 0.6) is 0 Å². The molecule has 0 aliphatic carbocycles. The van der Waals surface area contributed by atoms with Crippen molar-refractivity contribution in [3.63, 3.8) is 0 Å². The van der Waals surface area contributed by atoms with Gasteiger partial charge in [-0.25, -0.2) is 9.18 Å². The summed E-state index contributed by atoms with van der Waals surface area (Å²) < 4.78 is 19.5. The van der Waals surface area contributed by atoms with Gasteiger partial charge in [-0.1, -0.05) is 18.2 Å². The lowest BCUT2D eigenvalue weighted by molar-refractivity contribution is -0.0243. The average Bonchev–Trinajstić information content (AvgIpc) is 2.61. The van der Waals surface area contributed by atoms with Gasteiger partial charge in [0.15, 0.2) is 0 Å². The predicted molar refractivity (Wildman–Crippen MR) is 84.4 cm³/mol. The quantitative estimate of drug-likeness (QED) is 0.940. The third-order valence-electron chi connectivity index (χ3n) is 3.98. The fourth-order valence-electron chi connectivity index (χ4n) is 2.70. The van der Waals surface area contributed by atoms with Crippen molar-refractivity contribution < 1.29 is 23.8 Å². The van der Waals surface area contributed by atoms with Crippen LogP contribution in [0.4, 0.5) is 4.39 Å². The van der Waals surface area contributed by atoms with E-state index >= 15 is 0 Å². The van der Waals surface area contributed by atoms with Crippen LogP contribution >= 0.6 is 0 Å². The first-order chi connectivity index (χ1) is 11.6. The lowest BCUT2D eigenvalue weighted by Gasteiger charge is -2.33. The van der Waals surface area contributed by atoms with Crippen LogP contribution < -0.4 is 0 Å². The maximum absolute atomic E-state index is 13.9. The molecule has 0 spiro atoms. The van der Waals surface area contributed by atoms with Gasteiger partial charge in [0, 0.05) is 17.7 Å². The molecule has 6 heteroatoms. The third-order valence-corrected chi connectivity index (χ3v) is 3.98. The fraction of sp³-hybridized carbons (Fsp3) is 0.222. The lowest BCUT2D eigenvalue weighted by Crippen LogP contribution is -2.42. The van der Waals surface area contributed by atoms with Crippen LogP contribution in [0.25, 0.3) is 0 Å². The Bertz CT molecular complexity index is 760. The molecule has 1 fully saturated rings. The number of morpholine rings is 1. The zero-order valence-electron chi connectivity index (χ0n) is 12.8. The van der Waals surface area contributed by atoms with Gasteiger partial charge in [0.2, 0.25) is 0 Å². The Morgan fingerprint density at radius 2 is 1.75 bits per heavy atom. The molecule has 2 aromatic carbocycles. The molecule has 0 unspecified atom stereocenters. The Morgan fingerprint density at radius 3 is 2.42 bits per heavy atom. The number of benzene rings is 2. The van der Waals surface area contributed by atoms with Crippen LogP contribution in [0.3, 0.4) is 0 Å². The summed E-state index contributed by atoms with van der Waals surface area (Å²) in [6.45, 7) is 0.975. The second kappa shape index (κ2) is 6.80. The van der Waals surface area contributed by atoms with E-state index in [4.69, 9.17) is 9.84 Å². The van der Waals surface area contributed by atoms with E-state index in [1.165, 1.54) is 30.3 Å². The number of hydrogen-bond donors (Lipinski definition) is 1. The number of rotatable bonds is 3. The standard InChI is InChI=1S/C18H16FNO4/c19-15-4-2-1-3-14(15)16-11-20(9-10-24-16)17(21)12-5-7-13(8-6-12)18(22)23/h1-8,16H,9-11H2,(H,22,23)/t16-/m0/s1. The number of halogens is 1. The zero-order chi connectivity index (χ0) is 17.1. The fourth-order valence-corrected chi connectivity index (χ4v) is 2.70. The van der Waals surface area contributed by atoms with Gasteiger partial charge in [-0.3, -0.25) is 4.79 Å². The van der Waals surface area contributed by atoms with Crippen molar-refractivity contribution in [2.24, 2.45) is 0 Å². The monoisotopic (exact) mass is 329 g/mol. The number of aromatic carboxylic acids is 1. The Balaban J connectivity index is 1.75. The number of carboxylic acid groups (broad SMARTS) is 1. The van der Waals surface area contributed by atoms with E-state index in [-0.39, 0.29) is 23.8 Å². The molecule has 0 radical (unpaired) electrons. The van der Waals surface area contributed by atoms with Crippen molar-refractivity contribution in [1.82, 2.24) is 4.90 Å². The van der Waals surface area contributed by atoms with Crippen LogP contribution in [0.15, 0.2) is 48.5 Å². The molecule has 1 amide bonds. The molecule has 1 aliphatic rings. The second-order valence-electron chi connectivity index (χ2n) is 5.51. The van der Waals surface area contributed by atoms with Gasteiger partial charge in [0.1, 0.15) is 11.9 Å². The number of carbonyl (C=O) groups excluding carboxylic acids is 1. The number of carboxylic acids is 1. The van der Waals surface area contributed by atoms with Crippen molar-refractivity contribution in [1.29, 1.82) is 0 Å². The number of nitrogens with zero attached hydrogens (tertiary/aromatic N) is 1. The van der Waals surface area contributed by atoms with Crippen molar-refractivity contribution in [2.45, 2.75) is 6.10 Å². The highest BCUT2D eigenvalue weighted by atomic mass is 19.1. The van der Waals surface area contributed by atoms with Gasteiger partial charge < -0.3 is 14.7 Å². The summed E-state index contributed by atoms with van der Waals surface area (Å²) in [5, 5.41) is 8.90. The van der Waals surface area contributed by atoms with E-state index in [2.05, 4.69) is 0 Å². The topological polar surface area (TPSA) is 66.8 Å². The molecule has 1 aliphatic heterocycles. The van der Waals surface area contributed by atoms with Crippen LogP contribution in [0.2, 0.25) is 0 Å². The van der Waals surface area contributed by atoms with Crippen LogP contribution in [-0.4, -0.2) is 41.6 Å². The third kappa shape index (κ3) is 3.28. The highest BCUT2D eigenvalue weighted by Gasteiger charge is 2.27. The SMILES string of the molecule is O=C(O)c1ccc(C(=O)N2CCO[C@H](c3ccccc3F)C2)cc1. The van der Waals surface area contributed by atoms with Gasteiger partial charge in [-0.05, 0) is 30.3 Å². The molecule has 1 heterocycles. The minimum Gasteiger partial charge on any atom is -0.478 e. The molecular formula is C18H16FNO4. The van der Waals surface area contributed by atoms with Crippen LogP contribution in [0, 0.1) is 5.82 Å². The maximum atomic E-state index is 13.9. The average molecular weight is 329 g/mol. The normalized spacial score (nSPS) is 17.5. The molecule has 1 N–H and O–H groups in total. The smallest absolute Gasteiger partial charge is 0.335 e. The van der Waals surface area contributed by atoms with Crippen molar-refractivity contribution >= 4 is 11.9 Å². The van der Waals surface area contributed by atoms with E-state index in [1.807, 2.05) is 0 Å². The van der Waals surface area contributed by atoms with Crippen LogP contribution in [0.1, 0.15) is 32.4 Å². The number of amides is 1. The first-order valence-corrected chi connectivity index (χ1v) is 7.55. The second-order valence-corrected chi connectivity index (χ2v) is 5.51. The summed E-state index contributed by atoms with van der Waals surface area (Å²) >= 11 is 0. The lowest BCUT2D eigenvalue weighted by atomic mass is 10.1. The largest absolute Gasteiger partial charge is 0.478 e. The van der Waals surface area contributed by atoms with Crippen molar-refractivity contribution in [2.75, 3.05) is 19.7 Å². The first-order valence-electron chi connectivity index (χ1n) is 7.55. The molecule has 0 saturated carbocycles. The molecule has 1 atom stereocenters. The molecule has 2 aromatic rings. The van der Waals surface area contributed by atoms with Crippen molar-refractivity contribution in [3.05, 3.63) is 71.0 Å². The molecule has 24 heavy (non-hydrogen) atoms. The highest BCUT2D eigenvalue weighted by Crippen LogP contribution is 2.25. The Kier molecular flexibility index (Phi) is 4.57. The van der Waals surface area contributed by atoms with E-state index < -0.39 is 12.1 Å². The summed E-state index contributed by atoms with van der Waals surface area (Å²) in [4.78, 5) is 25.0. The summed E-state index contributed by atoms with van der Waals surface area (Å²) in [7, 11) is 0. The van der Waals surface area contributed by atoms with Crippen molar-refractivity contribution in [3.8, 4) is 0 Å². The van der Waals surface area contributed by atoms with E-state index in [1.54, 1.807) is 23.1 Å². The van der Waals surface area contributed by atoms with Gasteiger partial charge in [0.05, 0.1) is 18.7 Å². The molecule has 0 bridgehead atoms. The van der Waals surface area contributed by atoms with E-state index in [0.29, 0.717) is 24.3 Å². The zero-order valence-corrected chi connectivity index (χ0v) is 12.8. The van der Waals surface area contributed by atoms with E-state index in [9.17, 15) is 14.0 Å². The molecule has 3 rings (SSSR count). The van der Waals surface area contributed by atoms with E-state index in [0.717, 1.165) is 0 Å². The molecule has 5 nitrogen and oxygen atoms in total. The molecule has 1 saturated heterocycles. The maximum Gasteiger partial charge on any atom is 0.335 e. The van der Waals surface area contributed by atoms with Gasteiger partial charge >= 0.3 is 5.97 Å². The van der Waals surface area contributed by atoms with Gasteiger partial charge in [-0.15, -0.1) is 0 Å². The Hall–Kier alpha value is -2.73. The molecular weight excluding hydrogens is 313 g/mol. The number of carbonyl (C=O) groups is 2. The summed E-state index contributed by atoms with van der Waals surface area (Å²) in [5.41, 5.74) is 0.947. The van der Waals surface area contributed by atoms with Gasteiger partial charge in [-0.2, -0.15) is 0 Å². The molecule has 124 valence electrons. The Labute approximate surface area is 138 Å². The number of hydrogen-bond acceptors (Lipinski definition) is 3. The first kappa shape index (κ1) is 16.1. The minimum atomic E-state index is -1.04.